The molecule has 3 rings (SSSR count). The number of aliphatic imine (C=N–C) groups is 1. The van der Waals surface area contributed by atoms with Crippen molar-refractivity contribution < 1.29 is 4.39 Å². The zero-order chi connectivity index (χ0) is 21.3. The fourth-order valence-electron chi connectivity index (χ4n) is 3.62. The number of benzene rings is 1. The molecule has 0 spiro atoms. The molecule has 0 bridgehead atoms. The number of guanidine groups is 1. The second-order valence-corrected chi connectivity index (χ2v) is 7.53. The molecule has 1 fully saturated rings. The topological polar surface area (TPSA) is 64.8 Å². The average Bonchev–Trinajstić information content (AvgIpc) is 3.15. The van der Waals surface area contributed by atoms with Gasteiger partial charge < -0.3 is 15.1 Å². The third-order valence-electron chi connectivity index (χ3n) is 5.34. The number of hydrogen-bond acceptors (Lipinski definition) is 5. The van der Waals surface area contributed by atoms with Crippen LogP contribution in [-0.2, 0) is 13.6 Å². The van der Waals surface area contributed by atoms with E-state index in [1.807, 2.05) is 26.2 Å². The molecular weight excluding hydrogens is 510 g/mol. The van der Waals surface area contributed by atoms with Crippen LogP contribution in [0.5, 0.6) is 0 Å². The summed E-state index contributed by atoms with van der Waals surface area (Å²) < 4.78 is 15.8. The molecular formula is C21H34FIN8. The van der Waals surface area contributed by atoms with Crippen LogP contribution in [0.4, 0.5) is 10.1 Å². The number of piperazine rings is 1. The maximum absolute atomic E-state index is 14.0. The van der Waals surface area contributed by atoms with Crippen LogP contribution in [0.15, 0.2) is 35.6 Å². The predicted molar refractivity (Wildman–Crippen MR) is 134 cm³/mol. The van der Waals surface area contributed by atoms with Gasteiger partial charge in [0.25, 0.3) is 0 Å². The van der Waals surface area contributed by atoms with Crippen molar-refractivity contribution in [1.82, 2.24) is 29.9 Å². The lowest BCUT2D eigenvalue weighted by Gasteiger charge is -2.36. The van der Waals surface area contributed by atoms with E-state index in [-0.39, 0.29) is 29.8 Å². The fraction of sp³-hybridized carbons (Fsp3) is 0.571. The van der Waals surface area contributed by atoms with Crippen LogP contribution in [0.3, 0.4) is 0 Å². The number of halogens is 2. The Morgan fingerprint density at radius 1 is 1.23 bits per heavy atom. The first-order chi connectivity index (χ1) is 14.6. The van der Waals surface area contributed by atoms with Gasteiger partial charge in [-0.2, -0.15) is 5.10 Å². The average molecular weight is 544 g/mol. The summed E-state index contributed by atoms with van der Waals surface area (Å²) in [4.78, 5) is 15.7. The molecule has 10 heteroatoms. The number of aromatic nitrogens is 3. The van der Waals surface area contributed by atoms with Crippen molar-refractivity contribution in [3.8, 4) is 0 Å². The predicted octanol–water partition coefficient (Wildman–Crippen LogP) is 2.18. The summed E-state index contributed by atoms with van der Waals surface area (Å²) >= 11 is 0. The van der Waals surface area contributed by atoms with E-state index in [4.69, 9.17) is 4.99 Å². The standard InChI is InChI=1S/C21H33FN8.HI/c1-4-23-21(27(2)16-20-25-17-26-28(20)3)24-10-7-11-29-12-14-30(15-13-29)19-9-6-5-8-18(19)22;/h5-6,8-9,17H,4,7,10-16H2,1-3H3,(H,23,24);1H. The molecule has 0 atom stereocenters. The Morgan fingerprint density at radius 3 is 2.61 bits per heavy atom. The maximum Gasteiger partial charge on any atom is 0.194 e. The van der Waals surface area contributed by atoms with Crippen molar-refractivity contribution in [3.63, 3.8) is 0 Å². The molecule has 0 saturated carbocycles. The van der Waals surface area contributed by atoms with Crippen LogP contribution in [0.1, 0.15) is 19.2 Å². The lowest BCUT2D eigenvalue weighted by Crippen LogP contribution is -2.47. The van der Waals surface area contributed by atoms with Crippen molar-refractivity contribution in [2.75, 3.05) is 57.8 Å². The number of nitrogens with one attached hydrogen (secondary N) is 1. The van der Waals surface area contributed by atoms with E-state index >= 15 is 0 Å². The van der Waals surface area contributed by atoms with Gasteiger partial charge in [0.05, 0.1) is 12.2 Å². The largest absolute Gasteiger partial charge is 0.367 e. The first-order valence-corrected chi connectivity index (χ1v) is 10.6. The van der Waals surface area contributed by atoms with Crippen molar-refractivity contribution in [1.29, 1.82) is 0 Å². The SMILES string of the molecule is CCNC(=NCCCN1CCN(c2ccccc2F)CC1)N(C)Cc1ncnn1C.I. The van der Waals surface area contributed by atoms with Gasteiger partial charge in [-0.05, 0) is 25.5 Å². The van der Waals surface area contributed by atoms with Crippen molar-refractivity contribution in [3.05, 3.63) is 42.2 Å². The lowest BCUT2D eigenvalue weighted by atomic mass is 10.2. The second kappa shape index (κ2) is 12.8. The molecule has 1 aliphatic heterocycles. The van der Waals surface area contributed by atoms with Crippen LogP contribution < -0.4 is 10.2 Å². The Labute approximate surface area is 201 Å². The number of rotatable bonds is 8. The Kier molecular flexibility index (Phi) is 10.4. The molecule has 0 unspecified atom stereocenters. The van der Waals surface area contributed by atoms with Crippen molar-refractivity contribution in [2.45, 2.75) is 19.9 Å². The van der Waals surface area contributed by atoms with Crippen LogP contribution in [0.2, 0.25) is 0 Å². The summed E-state index contributed by atoms with van der Waals surface area (Å²) in [5, 5.41) is 7.47. The molecule has 1 aliphatic rings. The van der Waals surface area contributed by atoms with E-state index in [0.717, 1.165) is 64.0 Å². The Hall–Kier alpha value is -1.95. The third-order valence-corrected chi connectivity index (χ3v) is 5.34. The summed E-state index contributed by atoms with van der Waals surface area (Å²) in [5.74, 6) is 1.64. The van der Waals surface area contributed by atoms with E-state index in [0.29, 0.717) is 12.2 Å². The Balaban J connectivity index is 0.00000341. The molecule has 2 heterocycles. The second-order valence-electron chi connectivity index (χ2n) is 7.53. The minimum atomic E-state index is -0.137. The van der Waals surface area contributed by atoms with Crippen LogP contribution in [0.25, 0.3) is 0 Å². The van der Waals surface area contributed by atoms with E-state index in [9.17, 15) is 4.39 Å². The van der Waals surface area contributed by atoms with Gasteiger partial charge in [-0.15, -0.1) is 24.0 Å². The molecule has 0 amide bonds. The molecule has 31 heavy (non-hydrogen) atoms. The van der Waals surface area contributed by atoms with Gasteiger partial charge in [0.2, 0.25) is 0 Å². The summed E-state index contributed by atoms with van der Waals surface area (Å²) in [6, 6.07) is 7.02. The lowest BCUT2D eigenvalue weighted by molar-refractivity contribution is 0.255. The van der Waals surface area contributed by atoms with Crippen LogP contribution in [-0.4, -0.2) is 83.4 Å². The zero-order valence-corrected chi connectivity index (χ0v) is 21.0. The zero-order valence-electron chi connectivity index (χ0n) is 18.7. The molecule has 1 N–H and O–H groups in total. The highest BCUT2D eigenvalue weighted by atomic mass is 127. The molecule has 8 nitrogen and oxygen atoms in total. The highest BCUT2D eigenvalue weighted by Gasteiger charge is 2.18. The van der Waals surface area contributed by atoms with E-state index in [1.54, 1.807) is 17.1 Å². The van der Waals surface area contributed by atoms with Gasteiger partial charge in [-0.1, -0.05) is 12.1 Å². The number of para-hydroxylation sites is 1. The van der Waals surface area contributed by atoms with Crippen molar-refractivity contribution in [2.24, 2.45) is 12.0 Å². The molecule has 0 aliphatic carbocycles. The highest BCUT2D eigenvalue weighted by molar-refractivity contribution is 14.0. The smallest absolute Gasteiger partial charge is 0.194 e. The maximum atomic E-state index is 14.0. The first-order valence-electron chi connectivity index (χ1n) is 10.6. The minimum Gasteiger partial charge on any atom is -0.367 e. The number of aryl methyl sites for hydroxylation is 1. The molecule has 172 valence electrons. The summed E-state index contributed by atoms with van der Waals surface area (Å²) in [5.41, 5.74) is 0.711. The van der Waals surface area contributed by atoms with E-state index in [1.165, 1.54) is 6.07 Å². The van der Waals surface area contributed by atoms with E-state index < -0.39 is 0 Å². The Bertz CT molecular complexity index is 819. The van der Waals surface area contributed by atoms with Crippen LogP contribution >= 0.6 is 24.0 Å². The molecule has 1 aromatic carbocycles. The third kappa shape index (κ3) is 7.30. The van der Waals surface area contributed by atoms with Gasteiger partial charge in [0.1, 0.15) is 18.0 Å². The van der Waals surface area contributed by atoms with Crippen molar-refractivity contribution >= 4 is 35.6 Å². The normalized spacial score (nSPS) is 15.0. The summed E-state index contributed by atoms with van der Waals surface area (Å²) in [6.07, 6.45) is 2.56. The minimum absolute atomic E-state index is 0. The molecule has 2 aromatic rings. The summed E-state index contributed by atoms with van der Waals surface area (Å²) in [7, 11) is 3.91. The van der Waals surface area contributed by atoms with Gasteiger partial charge >= 0.3 is 0 Å². The number of hydrogen-bond donors (Lipinski definition) is 1. The van der Waals surface area contributed by atoms with Gasteiger partial charge in [0, 0.05) is 59.9 Å². The monoisotopic (exact) mass is 544 g/mol. The summed E-state index contributed by atoms with van der Waals surface area (Å²) in [6.45, 7) is 8.91. The molecule has 1 saturated heterocycles. The first kappa shape index (κ1) is 25.3. The Morgan fingerprint density at radius 2 is 1.97 bits per heavy atom. The van der Waals surface area contributed by atoms with E-state index in [2.05, 4.69) is 37.0 Å². The molecule has 1 aromatic heterocycles. The molecule has 0 radical (unpaired) electrons. The van der Waals surface area contributed by atoms with Crippen LogP contribution in [0, 0.1) is 5.82 Å². The fourth-order valence-corrected chi connectivity index (χ4v) is 3.62. The highest BCUT2D eigenvalue weighted by Crippen LogP contribution is 2.20. The van der Waals surface area contributed by atoms with Gasteiger partial charge in [0.15, 0.2) is 5.96 Å². The number of nitrogens with zero attached hydrogens (tertiary/aromatic N) is 7. The number of anilines is 1. The van der Waals surface area contributed by atoms with Gasteiger partial charge in [-0.25, -0.2) is 9.37 Å². The quantitative estimate of drug-likeness (QED) is 0.238. The van der Waals surface area contributed by atoms with Gasteiger partial charge in [-0.3, -0.25) is 14.6 Å².